The van der Waals surface area contributed by atoms with Gasteiger partial charge in [-0.25, -0.2) is 9.78 Å². The Kier molecular flexibility index (Phi) is 5.18. The number of nitrogens with one attached hydrogen (secondary N) is 2. The van der Waals surface area contributed by atoms with Crippen molar-refractivity contribution in [3.63, 3.8) is 0 Å². The smallest absolute Gasteiger partial charge is 0.315 e. The second kappa shape index (κ2) is 6.91. The lowest BCUT2D eigenvalue weighted by Crippen LogP contribution is -2.34. The number of rotatable bonds is 5. The van der Waals surface area contributed by atoms with Crippen LogP contribution in [0.1, 0.15) is 49.9 Å². The number of thiazole rings is 1. The number of amides is 2. The Balaban J connectivity index is 1.76. The van der Waals surface area contributed by atoms with Gasteiger partial charge in [0.15, 0.2) is 5.76 Å². The number of carbonyl (C=O) groups is 1. The van der Waals surface area contributed by atoms with Crippen LogP contribution >= 0.6 is 11.3 Å². The molecule has 0 atom stereocenters. The lowest BCUT2D eigenvalue weighted by atomic mass is 9.98. The minimum Gasteiger partial charge on any atom is -0.359 e. The van der Waals surface area contributed by atoms with Gasteiger partial charge in [-0.3, -0.25) is 0 Å². The maximum atomic E-state index is 11.8. The standard InChI is InChI=1S/C15H22N4O2S/c1-5-10-6-12(21-19-10)8-17-14(20)16-7-11-9-22-13(18-11)15(2,3)4/h6,9H,5,7-8H2,1-4H3,(H2,16,17,20). The summed E-state index contributed by atoms with van der Waals surface area (Å²) < 4.78 is 5.11. The quantitative estimate of drug-likeness (QED) is 0.887. The van der Waals surface area contributed by atoms with Crippen LogP contribution in [0.3, 0.4) is 0 Å². The molecule has 6 nitrogen and oxygen atoms in total. The van der Waals surface area contributed by atoms with Crippen LogP contribution in [0, 0.1) is 0 Å². The number of aryl methyl sites for hydroxylation is 1. The van der Waals surface area contributed by atoms with E-state index in [1.165, 1.54) is 0 Å². The van der Waals surface area contributed by atoms with Crippen LogP contribution in [0.2, 0.25) is 0 Å². The van der Waals surface area contributed by atoms with Crippen molar-refractivity contribution in [3.05, 3.63) is 33.6 Å². The molecule has 2 aromatic heterocycles. The Bertz CT molecular complexity index is 628. The Morgan fingerprint density at radius 2 is 2.00 bits per heavy atom. The topological polar surface area (TPSA) is 80.0 Å². The van der Waals surface area contributed by atoms with E-state index >= 15 is 0 Å². The summed E-state index contributed by atoms with van der Waals surface area (Å²) in [4.78, 5) is 16.3. The van der Waals surface area contributed by atoms with Crippen molar-refractivity contribution in [2.24, 2.45) is 0 Å². The monoisotopic (exact) mass is 322 g/mol. The fourth-order valence-corrected chi connectivity index (χ4v) is 2.65. The average molecular weight is 322 g/mol. The van der Waals surface area contributed by atoms with Crippen LogP contribution < -0.4 is 10.6 Å². The first-order valence-electron chi connectivity index (χ1n) is 7.29. The van der Waals surface area contributed by atoms with E-state index in [-0.39, 0.29) is 11.4 Å². The van der Waals surface area contributed by atoms with Crippen LogP contribution in [-0.2, 0) is 24.9 Å². The van der Waals surface area contributed by atoms with Crippen molar-refractivity contribution in [1.29, 1.82) is 0 Å². The number of hydrogen-bond donors (Lipinski definition) is 2. The molecule has 2 amide bonds. The van der Waals surface area contributed by atoms with Gasteiger partial charge in [0.1, 0.15) is 0 Å². The van der Waals surface area contributed by atoms with Gasteiger partial charge in [0.05, 0.1) is 29.5 Å². The molecule has 0 fully saturated rings. The zero-order valence-corrected chi connectivity index (χ0v) is 14.2. The molecule has 22 heavy (non-hydrogen) atoms. The predicted molar refractivity (Wildman–Crippen MR) is 85.8 cm³/mol. The molecule has 0 aliphatic heterocycles. The minimum absolute atomic E-state index is 0.0362. The molecule has 0 bridgehead atoms. The van der Waals surface area contributed by atoms with Crippen molar-refractivity contribution in [1.82, 2.24) is 20.8 Å². The summed E-state index contributed by atoms with van der Waals surface area (Å²) in [5.41, 5.74) is 1.79. The maximum absolute atomic E-state index is 11.8. The maximum Gasteiger partial charge on any atom is 0.315 e. The lowest BCUT2D eigenvalue weighted by Gasteiger charge is -2.13. The first-order valence-corrected chi connectivity index (χ1v) is 8.17. The second-order valence-electron chi connectivity index (χ2n) is 6.07. The van der Waals surface area contributed by atoms with Crippen LogP contribution in [0.25, 0.3) is 0 Å². The van der Waals surface area contributed by atoms with Crippen molar-refractivity contribution in [3.8, 4) is 0 Å². The second-order valence-corrected chi connectivity index (χ2v) is 6.93. The van der Waals surface area contributed by atoms with E-state index in [2.05, 4.69) is 41.5 Å². The lowest BCUT2D eigenvalue weighted by molar-refractivity contribution is 0.238. The molecule has 0 unspecified atom stereocenters. The molecule has 2 aromatic rings. The largest absolute Gasteiger partial charge is 0.359 e. The van der Waals surface area contributed by atoms with Crippen LogP contribution in [-0.4, -0.2) is 16.2 Å². The molecule has 0 spiro atoms. The first kappa shape index (κ1) is 16.5. The molecule has 120 valence electrons. The molecule has 7 heteroatoms. The molecular weight excluding hydrogens is 300 g/mol. The van der Waals surface area contributed by atoms with Gasteiger partial charge in [-0.15, -0.1) is 11.3 Å². The van der Waals surface area contributed by atoms with E-state index in [9.17, 15) is 4.79 Å². The average Bonchev–Trinajstić information content (AvgIpc) is 3.11. The summed E-state index contributed by atoms with van der Waals surface area (Å²) in [6.07, 6.45) is 0.815. The van der Waals surface area contributed by atoms with Gasteiger partial charge in [0.2, 0.25) is 0 Å². The highest BCUT2D eigenvalue weighted by Gasteiger charge is 2.18. The molecule has 0 aliphatic rings. The Morgan fingerprint density at radius 1 is 1.27 bits per heavy atom. The SMILES string of the molecule is CCc1cc(CNC(=O)NCc2csc(C(C)(C)C)n2)on1. The molecule has 0 radical (unpaired) electrons. The number of carbonyl (C=O) groups excluding carboxylic acids is 1. The summed E-state index contributed by atoms with van der Waals surface area (Å²) in [5, 5.41) is 12.4. The summed E-state index contributed by atoms with van der Waals surface area (Å²) in [6.45, 7) is 9.10. The fourth-order valence-electron chi connectivity index (χ4n) is 1.74. The van der Waals surface area contributed by atoms with E-state index in [4.69, 9.17) is 4.52 Å². The van der Waals surface area contributed by atoms with Gasteiger partial charge in [-0.1, -0.05) is 32.9 Å². The molecule has 0 saturated heterocycles. The highest BCUT2D eigenvalue weighted by atomic mass is 32.1. The zero-order valence-electron chi connectivity index (χ0n) is 13.4. The van der Waals surface area contributed by atoms with Gasteiger partial charge in [0.25, 0.3) is 0 Å². The van der Waals surface area contributed by atoms with Crippen molar-refractivity contribution in [2.75, 3.05) is 0 Å². The molecule has 0 aliphatic carbocycles. The summed E-state index contributed by atoms with van der Waals surface area (Å²) >= 11 is 1.62. The molecule has 0 aromatic carbocycles. The third-order valence-electron chi connectivity index (χ3n) is 3.02. The third kappa shape index (κ3) is 4.56. The van der Waals surface area contributed by atoms with Crippen molar-refractivity contribution in [2.45, 2.75) is 52.6 Å². The van der Waals surface area contributed by atoms with E-state index in [1.54, 1.807) is 11.3 Å². The van der Waals surface area contributed by atoms with Crippen LogP contribution in [0.4, 0.5) is 4.79 Å². The molecular formula is C15H22N4O2S. The van der Waals surface area contributed by atoms with Gasteiger partial charge in [-0.05, 0) is 6.42 Å². The van der Waals surface area contributed by atoms with Crippen molar-refractivity contribution >= 4 is 17.4 Å². The summed E-state index contributed by atoms with van der Waals surface area (Å²) in [6, 6.07) is 1.59. The number of aromatic nitrogens is 2. The number of hydrogen-bond acceptors (Lipinski definition) is 5. The van der Waals surface area contributed by atoms with Crippen LogP contribution in [0.5, 0.6) is 0 Å². The number of nitrogens with zero attached hydrogens (tertiary/aromatic N) is 2. The van der Waals surface area contributed by atoms with Gasteiger partial charge >= 0.3 is 6.03 Å². The van der Waals surface area contributed by atoms with E-state index in [0.717, 1.165) is 22.8 Å². The Labute approximate surface area is 134 Å². The highest BCUT2D eigenvalue weighted by molar-refractivity contribution is 7.09. The third-order valence-corrected chi connectivity index (χ3v) is 4.33. The predicted octanol–water partition coefficient (Wildman–Crippen LogP) is 2.99. The Hall–Kier alpha value is -1.89. The molecule has 0 saturated carbocycles. The fraction of sp³-hybridized carbons (Fsp3) is 0.533. The first-order chi connectivity index (χ1) is 10.4. The molecule has 2 rings (SSSR count). The van der Waals surface area contributed by atoms with Crippen LogP contribution in [0.15, 0.2) is 16.0 Å². The van der Waals surface area contributed by atoms with Gasteiger partial charge in [0, 0.05) is 16.9 Å². The molecule has 2 N–H and O–H groups in total. The normalized spacial score (nSPS) is 11.5. The Morgan fingerprint density at radius 3 is 2.59 bits per heavy atom. The number of urea groups is 1. The summed E-state index contributed by atoms with van der Waals surface area (Å²) in [5.74, 6) is 0.649. The van der Waals surface area contributed by atoms with Gasteiger partial charge < -0.3 is 15.2 Å². The molecule has 2 heterocycles. The van der Waals surface area contributed by atoms with E-state index in [1.807, 2.05) is 18.4 Å². The zero-order chi connectivity index (χ0) is 16.2. The van der Waals surface area contributed by atoms with E-state index in [0.29, 0.717) is 18.8 Å². The highest BCUT2D eigenvalue weighted by Crippen LogP contribution is 2.25. The summed E-state index contributed by atoms with van der Waals surface area (Å²) in [7, 11) is 0. The van der Waals surface area contributed by atoms with Gasteiger partial charge in [-0.2, -0.15) is 0 Å². The van der Waals surface area contributed by atoms with E-state index < -0.39 is 0 Å². The minimum atomic E-state index is -0.250. The van der Waals surface area contributed by atoms with Crippen molar-refractivity contribution < 1.29 is 9.32 Å².